The highest BCUT2D eigenvalue weighted by Crippen LogP contribution is 2.51. The Bertz CT molecular complexity index is 640. The molecule has 25 heavy (non-hydrogen) atoms. The van der Waals surface area contributed by atoms with E-state index in [4.69, 9.17) is 9.94 Å². The molecule has 0 unspecified atom stereocenters. The first-order chi connectivity index (χ1) is 12.1. The zero-order chi connectivity index (χ0) is 17.7. The van der Waals surface area contributed by atoms with Gasteiger partial charge >= 0.3 is 5.97 Å². The standard InChI is InChI=1S/C20H25NO4/c22-18(21-24)10-9-15-5-7-16(8-6-15)11-12-20(13-14-20)19(23)25-17-3-1-2-4-17/h5-10,17,24H,1-4,11-14H2,(H,21,22)/b10-9+. The number of hydrogen-bond donors (Lipinski definition) is 2. The summed E-state index contributed by atoms with van der Waals surface area (Å²) in [5, 5.41) is 8.45. The summed E-state index contributed by atoms with van der Waals surface area (Å²) in [5.74, 6) is -0.547. The lowest BCUT2D eigenvalue weighted by Gasteiger charge is -2.18. The Hall–Kier alpha value is -2.14. The van der Waals surface area contributed by atoms with Crippen LogP contribution in [0.25, 0.3) is 6.08 Å². The zero-order valence-corrected chi connectivity index (χ0v) is 14.4. The van der Waals surface area contributed by atoms with Gasteiger partial charge in [-0.15, -0.1) is 0 Å². The van der Waals surface area contributed by atoms with E-state index in [2.05, 4.69) is 0 Å². The molecule has 0 heterocycles. The predicted octanol–water partition coefficient (Wildman–Crippen LogP) is 3.40. The molecule has 5 heteroatoms. The van der Waals surface area contributed by atoms with Gasteiger partial charge in [-0.25, -0.2) is 5.48 Å². The monoisotopic (exact) mass is 343 g/mol. The number of carbonyl (C=O) groups excluding carboxylic acids is 2. The smallest absolute Gasteiger partial charge is 0.312 e. The van der Waals surface area contributed by atoms with E-state index in [1.807, 2.05) is 24.3 Å². The maximum absolute atomic E-state index is 12.4. The fraction of sp³-hybridized carbons (Fsp3) is 0.500. The quantitative estimate of drug-likeness (QED) is 0.344. The molecule has 3 rings (SSSR count). The Morgan fingerprint density at radius 1 is 1.20 bits per heavy atom. The van der Waals surface area contributed by atoms with E-state index in [0.29, 0.717) is 0 Å². The van der Waals surface area contributed by atoms with Gasteiger partial charge in [-0.2, -0.15) is 0 Å². The minimum Gasteiger partial charge on any atom is -0.462 e. The zero-order valence-electron chi connectivity index (χ0n) is 14.4. The molecule has 2 aliphatic carbocycles. The van der Waals surface area contributed by atoms with Gasteiger partial charge < -0.3 is 4.74 Å². The second-order valence-electron chi connectivity index (χ2n) is 7.14. The molecule has 2 fully saturated rings. The van der Waals surface area contributed by atoms with Crippen molar-refractivity contribution < 1.29 is 19.5 Å². The van der Waals surface area contributed by atoms with Gasteiger partial charge in [-0.05, 0) is 68.6 Å². The third-order valence-corrected chi connectivity index (χ3v) is 5.27. The molecule has 0 aromatic heterocycles. The molecule has 0 aliphatic heterocycles. The van der Waals surface area contributed by atoms with Crippen molar-refractivity contribution in [2.45, 2.75) is 57.5 Å². The highest BCUT2D eigenvalue weighted by atomic mass is 16.5. The molecule has 2 aliphatic rings. The summed E-state index contributed by atoms with van der Waals surface area (Å²) in [5.41, 5.74) is 3.36. The van der Waals surface area contributed by atoms with Crippen LogP contribution in [0.5, 0.6) is 0 Å². The fourth-order valence-corrected chi connectivity index (χ4v) is 3.38. The van der Waals surface area contributed by atoms with Crippen LogP contribution in [-0.2, 0) is 20.7 Å². The van der Waals surface area contributed by atoms with Crippen LogP contribution in [0, 0.1) is 5.41 Å². The molecule has 1 amide bonds. The molecule has 2 N–H and O–H groups in total. The molecule has 0 radical (unpaired) electrons. The van der Waals surface area contributed by atoms with Crippen LogP contribution in [0.3, 0.4) is 0 Å². The number of hydrogen-bond acceptors (Lipinski definition) is 4. The van der Waals surface area contributed by atoms with Gasteiger partial charge in [0.1, 0.15) is 6.10 Å². The van der Waals surface area contributed by atoms with Crippen molar-refractivity contribution in [3.8, 4) is 0 Å². The predicted molar refractivity (Wildman–Crippen MR) is 93.7 cm³/mol. The molecule has 1 aromatic carbocycles. The summed E-state index contributed by atoms with van der Waals surface area (Å²) in [4.78, 5) is 23.4. The summed E-state index contributed by atoms with van der Waals surface area (Å²) in [7, 11) is 0. The van der Waals surface area contributed by atoms with E-state index in [9.17, 15) is 9.59 Å². The number of hydroxylamine groups is 1. The van der Waals surface area contributed by atoms with Crippen LogP contribution >= 0.6 is 0 Å². The van der Waals surface area contributed by atoms with Crippen molar-refractivity contribution in [3.63, 3.8) is 0 Å². The largest absolute Gasteiger partial charge is 0.462 e. The summed E-state index contributed by atoms with van der Waals surface area (Å²) in [6.07, 6.45) is 11.0. The maximum Gasteiger partial charge on any atom is 0.312 e. The number of amides is 1. The summed E-state index contributed by atoms with van der Waals surface area (Å²) >= 11 is 0. The van der Waals surface area contributed by atoms with Gasteiger partial charge in [0.2, 0.25) is 0 Å². The topological polar surface area (TPSA) is 75.6 Å². The van der Waals surface area contributed by atoms with Crippen molar-refractivity contribution in [1.29, 1.82) is 0 Å². The number of rotatable bonds is 7. The van der Waals surface area contributed by atoms with Crippen LogP contribution in [0.1, 0.15) is 56.1 Å². The number of ether oxygens (including phenoxy) is 1. The Morgan fingerprint density at radius 2 is 1.88 bits per heavy atom. The average Bonchev–Trinajstić information content (AvgIpc) is 3.27. The minimum absolute atomic E-state index is 0.00830. The molecule has 1 aromatic rings. The number of carbonyl (C=O) groups is 2. The van der Waals surface area contributed by atoms with Gasteiger partial charge in [0.05, 0.1) is 5.41 Å². The fourth-order valence-electron chi connectivity index (χ4n) is 3.38. The van der Waals surface area contributed by atoms with Crippen molar-refractivity contribution in [3.05, 3.63) is 41.5 Å². The van der Waals surface area contributed by atoms with Gasteiger partial charge in [-0.3, -0.25) is 14.8 Å². The van der Waals surface area contributed by atoms with Gasteiger partial charge in [-0.1, -0.05) is 24.3 Å². The van der Waals surface area contributed by atoms with E-state index in [0.717, 1.165) is 44.1 Å². The van der Waals surface area contributed by atoms with E-state index in [-0.39, 0.29) is 17.5 Å². The Balaban J connectivity index is 1.50. The Labute approximate surface area is 148 Å². The Morgan fingerprint density at radius 3 is 2.48 bits per heavy atom. The van der Waals surface area contributed by atoms with Crippen LogP contribution < -0.4 is 5.48 Å². The second kappa shape index (κ2) is 7.83. The van der Waals surface area contributed by atoms with E-state index < -0.39 is 5.91 Å². The van der Waals surface area contributed by atoms with Crippen molar-refractivity contribution in [2.75, 3.05) is 0 Å². The normalized spacial score (nSPS) is 19.1. The van der Waals surface area contributed by atoms with Crippen molar-refractivity contribution >= 4 is 18.0 Å². The van der Waals surface area contributed by atoms with Gasteiger partial charge in [0, 0.05) is 6.08 Å². The first-order valence-corrected chi connectivity index (χ1v) is 9.03. The first-order valence-electron chi connectivity index (χ1n) is 9.03. The number of aryl methyl sites for hydroxylation is 1. The van der Waals surface area contributed by atoms with Gasteiger partial charge in [0.25, 0.3) is 5.91 Å². The van der Waals surface area contributed by atoms with Crippen molar-refractivity contribution in [1.82, 2.24) is 5.48 Å². The summed E-state index contributed by atoms with van der Waals surface area (Å²) in [6, 6.07) is 7.86. The highest BCUT2D eigenvalue weighted by molar-refractivity contribution is 5.90. The third-order valence-electron chi connectivity index (χ3n) is 5.27. The van der Waals surface area contributed by atoms with E-state index in [1.54, 1.807) is 11.6 Å². The number of nitrogens with one attached hydrogen (secondary N) is 1. The lowest BCUT2D eigenvalue weighted by molar-refractivity contribution is -0.155. The number of esters is 1. The molecule has 0 atom stereocenters. The highest BCUT2D eigenvalue weighted by Gasteiger charge is 2.51. The first kappa shape index (κ1) is 17.7. The summed E-state index contributed by atoms with van der Waals surface area (Å²) in [6.45, 7) is 0. The molecule has 5 nitrogen and oxygen atoms in total. The molecular formula is C20H25NO4. The second-order valence-corrected chi connectivity index (χ2v) is 7.14. The molecule has 0 saturated heterocycles. The SMILES string of the molecule is O=C(/C=C/c1ccc(CCC2(C(=O)OC3CCCC3)CC2)cc1)NO. The lowest BCUT2D eigenvalue weighted by Crippen LogP contribution is -2.24. The molecule has 0 spiro atoms. The molecule has 2 saturated carbocycles. The third kappa shape index (κ3) is 4.69. The van der Waals surface area contributed by atoms with E-state index in [1.165, 1.54) is 24.5 Å². The summed E-state index contributed by atoms with van der Waals surface area (Å²) < 4.78 is 5.70. The van der Waals surface area contributed by atoms with Gasteiger partial charge in [0.15, 0.2) is 0 Å². The maximum atomic E-state index is 12.4. The average molecular weight is 343 g/mol. The Kier molecular flexibility index (Phi) is 5.53. The lowest BCUT2D eigenvalue weighted by atomic mass is 9.96. The molecule has 134 valence electrons. The van der Waals surface area contributed by atoms with Crippen LogP contribution in [0.15, 0.2) is 30.3 Å². The number of benzene rings is 1. The van der Waals surface area contributed by atoms with Crippen LogP contribution in [0.2, 0.25) is 0 Å². The van der Waals surface area contributed by atoms with Crippen LogP contribution in [-0.4, -0.2) is 23.2 Å². The van der Waals surface area contributed by atoms with Crippen molar-refractivity contribution in [2.24, 2.45) is 5.41 Å². The minimum atomic E-state index is -0.555. The van der Waals surface area contributed by atoms with E-state index >= 15 is 0 Å². The molecule has 0 bridgehead atoms. The molecular weight excluding hydrogens is 318 g/mol. The van der Waals surface area contributed by atoms with Crippen LogP contribution in [0.4, 0.5) is 0 Å².